The first-order chi connectivity index (χ1) is 13.3. The van der Waals surface area contributed by atoms with Crippen LogP contribution >= 0.6 is 0 Å². The second-order valence-corrected chi connectivity index (χ2v) is 7.72. The predicted molar refractivity (Wildman–Crippen MR) is 112 cm³/mol. The van der Waals surface area contributed by atoms with E-state index in [0.29, 0.717) is 18.5 Å². The van der Waals surface area contributed by atoms with Crippen molar-refractivity contribution in [2.45, 2.75) is 31.8 Å². The van der Waals surface area contributed by atoms with E-state index in [1.807, 2.05) is 14.1 Å². The van der Waals surface area contributed by atoms with E-state index in [1.165, 1.54) is 23.8 Å². The second-order valence-electron chi connectivity index (χ2n) is 7.72. The molecule has 0 amide bonds. The van der Waals surface area contributed by atoms with Gasteiger partial charge in [-0.25, -0.2) is 8.78 Å². The maximum atomic E-state index is 14.2. The van der Waals surface area contributed by atoms with Crippen LogP contribution in [0.2, 0.25) is 0 Å². The topological polar surface area (TPSA) is 42.9 Å². The third-order valence-electron chi connectivity index (χ3n) is 5.06. The number of halogens is 2. The molecule has 1 aliphatic heterocycles. The zero-order valence-corrected chi connectivity index (χ0v) is 17.4. The summed E-state index contributed by atoms with van der Waals surface area (Å²) in [7, 11) is 5.33. The molecule has 1 aromatic carbocycles. The van der Waals surface area contributed by atoms with Gasteiger partial charge in [-0.05, 0) is 46.0 Å². The lowest BCUT2D eigenvalue weighted by Crippen LogP contribution is -2.50. The standard InChI is InChI=1S/C21H33F2N5/c1-15(2)14-28-11-9-16(10-12-28)26-21(24-3)25-13-19(27(4)5)20-17(22)7-6-8-18(20)23/h6-8,16,19H,1,9-14H2,2-5H3,(H2,24,25,26). The van der Waals surface area contributed by atoms with Gasteiger partial charge in [-0.1, -0.05) is 18.2 Å². The number of piperidine rings is 1. The van der Waals surface area contributed by atoms with Crippen molar-refractivity contribution in [3.63, 3.8) is 0 Å². The molecule has 0 saturated carbocycles. The first-order valence-electron chi connectivity index (χ1n) is 9.76. The van der Waals surface area contributed by atoms with Crippen molar-refractivity contribution < 1.29 is 8.78 Å². The highest BCUT2D eigenvalue weighted by molar-refractivity contribution is 5.80. The molecule has 2 rings (SSSR count). The minimum atomic E-state index is -0.534. The van der Waals surface area contributed by atoms with Crippen LogP contribution < -0.4 is 10.6 Å². The molecule has 1 aromatic rings. The highest BCUT2D eigenvalue weighted by Crippen LogP contribution is 2.23. The van der Waals surface area contributed by atoms with Gasteiger partial charge in [-0.3, -0.25) is 9.89 Å². The van der Waals surface area contributed by atoms with E-state index in [0.717, 1.165) is 32.5 Å². The Morgan fingerprint density at radius 1 is 1.29 bits per heavy atom. The van der Waals surface area contributed by atoms with Gasteiger partial charge in [0.05, 0.1) is 6.04 Å². The van der Waals surface area contributed by atoms with Crippen LogP contribution in [0.1, 0.15) is 31.4 Å². The van der Waals surface area contributed by atoms with Crippen LogP contribution in [0.4, 0.5) is 8.78 Å². The summed E-state index contributed by atoms with van der Waals surface area (Å²) in [6.07, 6.45) is 2.04. The maximum Gasteiger partial charge on any atom is 0.191 e. The number of likely N-dealkylation sites (N-methyl/N-ethyl adjacent to an activating group) is 1. The first kappa shape index (κ1) is 22.3. The summed E-state index contributed by atoms with van der Waals surface area (Å²) in [5.41, 5.74) is 1.25. The molecule has 1 saturated heterocycles. The van der Waals surface area contributed by atoms with Gasteiger partial charge in [0.1, 0.15) is 11.6 Å². The Balaban J connectivity index is 1.93. The molecule has 2 N–H and O–H groups in total. The second kappa shape index (κ2) is 10.5. The van der Waals surface area contributed by atoms with Gasteiger partial charge in [0.25, 0.3) is 0 Å². The van der Waals surface area contributed by atoms with Gasteiger partial charge in [-0.2, -0.15) is 0 Å². The molecule has 1 aliphatic rings. The SMILES string of the molecule is C=C(C)CN1CCC(NC(=NC)NCC(c2c(F)cccc2F)N(C)C)CC1. The molecule has 5 nitrogen and oxygen atoms in total. The van der Waals surface area contributed by atoms with E-state index in [-0.39, 0.29) is 5.56 Å². The number of hydrogen-bond acceptors (Lipinski definition) is 3. The Labute approximate surface area is 167 Å². The van der Waals surface area contributed by atoms with Crippen molar-refractivity contribution in [3.05, 3.63) is 47.5 Å². The summed E-state index contributed by atoms with van der Waals surface area (Å²) in [6, 6.07) is 3.85. The number of hydrogen-bond donors (Lipinski definition) is 2. The van der Waals surface area contributed by atoms with Gasteiger partial charge in [0, 0.05) is 44.8 Å². The summed E-state index contributed by atoms with van der Waals surface area (Å²) >= 11 is 0. The lowest BCUT2D eigenvalue weighted by Gasteiger charge is -2.33. The number of benzene rings is 1. The van der Waals surface area contributed by atoms with Crippen molar-refractivity contribution in [2.75, 3.05) is 47.3 Å². The Morgan fingerprint density at radius 3 is 2.39 bits per heavy atom. The summed E-state index contributed by atoms with van der Waals surface area (Å²) in [5, 5.41) is 6.67. The van der Waals surface area contributed by atoms with Gasteiger partial charge in [-0.15, -0.1) is 0 Å². The number of rotatable bonds is 7. The fraction of sp³-hybridized carbons (Fsp3) is 0.571. The molecule has 0 aromatic heterocycles. The van der Waals surface area contributed by atoms with Crippen molar-refractivity contribution >= 4 is 5.96 Å². The van der Waals surface area contributed by atoms with Crippen LogP contribution in [0.15, 0.2) is 35.3 Å². The highest BCUT2D eigenvalue weighted by atomic mass is 19.1. The van der Waals surface area contributed by atoms with Crippen molar-refractivity contribution in [1.29, 1.82) is 0 Å². The molecular formula is C21H33F2N5. The average molecular weight is 394 g/mol. The lowest BCUT2D eigenvalue weighted by molar-refractivity contribution is 0.220. The van der Waals surface area contributed by atoms with E-state index in [9.17, 15) is 8.78 Å². The van der Waals surface area contributed by atoms with Crippen molar-refractivity contribution in [2.24, 2.45) is 4.99 Å². The lowest BCUT2D eigenvalue weighted by atomic mass is 10.0. The quantitative estimate of drug-likeness (QED) is 0.425. The summed E-state index contributed by atoms with van der Waals surface area (Å²) < 4.78 is 28.4. The molecule has 0 aliphatic carbocycles. The molecular weight excluding hydrogens is 360 g/mol. The van der Waals surface area contributed by atoms with Crippen LogP contribution in [0.25, 0.3) is 0 Å². The fourth-order valence-corrected chi connectivity index (χ4v) is 3.57. The third-order valence-corrected chi connectivity index (χ3v) is 5.06. The molecule has 0 bridgehead atoms. The Hall–Kier alpha value is -1.99. The van der Waals surface area contributed by atoms with Gasteiger partial charge in [0.15, 0.2) is 5.96 Å². The maximum absolute atomic E-state index is 14.2. The van der Waals surface area contributed by atoms with Crippen molar-refractivity contribution in [1.82, 2.24) is 20.4 Å². The fourth-order valence-electron chi connectivity index (χ4n) is 3.57. The molecule has 1 atom stereocenters. The van der Waals surface area contributed by atoms with E-state index in [1.54, 1.807) is 11.9 Å². The van der Waals surface area contributed by atoms with Gasteiger partial charge in [0.2, 0.25) is 0 Å². The Kier molecular flexibility index (Phi) is 8.38. The molecule has 1 fully saturated rings. The Bertz CT molecular complexity index is 661. The van der Waals surface area contributed by atoms with Crippen LogP contribution in [0.3, 0.4) is 0 Å². The third kappa shape index (κ3) is 6.27. The highest BCUT2D eigenvalue weighted by Gasteiger charge is 2.24. The summed E-state index contributed by atoms with van der Waals surface area (Å²) in [6.45, 7) is 9.35. The number of nitrogens with one attached hydrogen (secondary N) is 2. The minimum Gasteiger partial charge on any atom is -0.354 e. The zero-order chi connectivity index (χ0) is 20.7. The largest absolute Gasteiger partial charge is 0.354 e. The van der Waals surface area contributed by atoms with E-state index < -0.39 is 17.7 Å². The Morgan fingerprint density at radius 2 is 1.89 bits per heavy atom. The number of aliphatic imine (C=N–C) groups is 1. The zero-order valence-electron chi connectivity index (χ0n) is 17.4. The van der Waals surface area contributed by atoms with Crippen LogP contribution in [-0.4, -0.2) is 69.1 Å². The summed E-state index contributed by atoms with van der Waals surface area (Å²) in [4.78, 5) is 8.49. The molecule has 1 unspecified atom stereocenters. The smallest absolute Gasteiger partial charge is 0.191 e. The minimum absolute atomic E-state index is 0.0727. The van der Waals surface area contributed by atoms with E-state index in [2.05, 4.69) is 34.0 Å². The van der Waals surface area contributed by atoms with Crippen molar-refractivity contribution in [3.8, 4) is 0 Å². The number of nitrogens with zero attached hydrogens (tertiary/aromatic N) is 3. The van der Waals surface area contributed by atoms with Crippen LogP contribution in [-0.2, 0) is 0 Å². The monoisotopic (exact) mass is 393 g/mol. The number of likely N-dealkylation sites (tertiary alicyclic amines) is 1. The number of guanidine groups is 1. The molecule has 0 spiro atoms. The predicted octanol–water partition coefficient (Wildman–Crippen LogP) is 2.77. The summed E-state index contributed by atoms with van der Waals surface area (Å²) in [5.74, 6) is -0.413. The average Bonchev–Trinajstić information content (AvgIpc) is 2.63. The molecule has 0 radical (unpaired) electrons. The molecule has 7 heteroatoms. The molecule has 156 valence electrons. The van der Waals surface area contributed by atoms with Crippen LogP contribution in [0, 0.1) is 11.6 Å². The normalized spacial score (nSPS) is 17.6. The van der Waals surface area contributed by atoms with E-state index >= 15 is 0 Å². The molecule has 28 heavy (non-hydrogen) atoms. The van der Waals surface area contributed by atoms with Crippen LogP contribution in [0.5, 0.6) is 0 Å². The van der Waals surface area contributed by atoms with Gasteiger partial charge >= 0.3 is 0 Å². The van der Waals surface area contributed by atoms with E-state index in [4.69, 9.17) is 0 Å². The molecule has 1 heterocycles. The van der Waals surface area contributed by atoms with Gasteiger partial charge < -0.3 is 15.5 Å². The first-order valence-corrected chi connectivity index (χ1v) is 9.76.